The average molecular weight is 263 g/mol. The smallest absolute Gasteiger partial charge is 0.252 e. The number of benzene rings is 1. The van der Waals surface area contributed by atoms with Crippen molar-refractivity contribution in [1.82, 2.24) is 5.32 Å². The summed E-state index contributed by atoms with van der Waals surface area (Å²) in [4.78, 5) is 12.1. The van der Waals surface area contributed by atoms with Crippen molar-refractivity contribution < 1.29 is 4.79 Å². The Labute approximate surface area is 112 Å². The summed E-state index contributed by atoms with van der Waals surface area (Å²) in [6, 6.07) is 8.97. The lowest BCUT2D eigenvalue weighted by Crippen LogP contribution is -2.48. The minimum Gasteiger partial charge on any atom is -0.334 e. The molecule has 3 nitrogen and oxygen atoms in total. The van der Waals surface area contributed by atoms with Crippen LogP contribution in [0.4, 0.5) is 0 Å². The van der Waals surface area contributed by atoms with E-state index in [1.165, 1.54) is 0 Å². The topological polar surface area (TPSA) is 52.9 Å². The van der Waals surface area contributed by atoms with Gasteiger partial charge in [0.05, 0.1) is 6.07 Å². The lowest BCUT2D eigenvalue weighted by atomic mass is 9.82. The van der Waals surface area contributed by atoms with E-state index < -0.39 is 5.54 Å². The number of amides is 1. The number of nitrogens with one attached hydrogen (secondary N) is 1. The molecule has 1 saturated carbocycles. The number of rotatable bonds is 2. The summed E-state index contributed by atoms with van der Waals surface area (Å²) < 4.78 is 0. The Hall–Kier alpha value is -1.53. The van der Waals surface area contributed by atoms with Gasteiger partial charge in [0.1, 0.15) is 5.54 Å². The van der Waals surface area contributed by atoms with Gasteiger partial charge in [-0.15, -0.1) is 0 Å². The molecule has 0 aliphatic heterocycles. The molecule has 1 aromatic carbocycles. The normalized spacial score (nSPS) is 17.8. The van der Waals surface area contributed by atoms with Crippen LogP contribution in [-0.2, 0) is 0 Å². The van der Waals surface area contributed by atoms with Gasteiger partial charge >= 0.3 is 0 Å². The van der Waals surface area contributed by atoms with Crippen molar-refractivity contribution >= 4 is 17.5 Å². The van der Waals surface area contributed by atoms with Crippen LogP contribution in [0.2, 0.25) is 5.02 Å². The SMILES string of the molecule is N#CC1(NC(=O)c2ccc(Cl)cc2)CCCCC1. The fraction of sp³-hybridized carbons (Fsp3) is 0.429. The standard InChI is InChI=1S/C14H15ClN2O/c15-12-6-4-11(5-7-12)13(18)17-14(10-16)8-2-1-3-9-14/h4-7H,1-3,8-9H2,(H,17,18). The molecule has 0 spiro atoms. The van der Waals surface area contributed by atoms with Crippen LogP contribution < -0.4 is 5.32 Å². The number of carbonyl (C=O) groups is 1. The second-order valence-corrected chi connectivity index (χ2v) is 5.15. The number of nitriles is 1. The van der Waals surface area contributed by atoms with Crippen LogP contribution in [0.25, 0.3) is 0 Å². The minimum atomic E-state index is -0.686. The van der Waals surface area contributed by atoms with Gasteiger partial charge in [-0.25, -0.2) is 0 Å². The molecule has 0 saturated heterocycles. The van der Waals surface area contributed by atoms with Crippen molar-refractivity contribution in [2.75, 3.05) is 0 Å². The summed E-state index contributed by atoms with van der Waals surface area (Å²) in [6.45, 7) is 0. The summed E-state index contributed by atoms with van der Waals surface area (Å²) in [6.07, 6.45) is 4.61. The first-order chi connectivity index (χ1) is 8.65. The number of nitrogens with zero attached hydrogens (tertiary/aromatic N) is 1. The molecule has 0 radical (unpaired) electrons. The van der Waals surface area contributed by atoms with Crippen LogP contribution in [0.5, 0.6) is 0 Å². The van der Waals surface area contributed by atoms with Gasteiger partial charge in [0.2, 0.25) is 0 Å². The molecule has 1 aromatic rings. The lowest BCUT2D eigenvalue weighted by molar-refractivity contribution is 0.0902. The Balaban J connectivity index is 2.10. The minimum absolute atomic E-state index is 0.199. The molecule has 4 heteroatoms. The number of hydrogen-bond acceptors (Lipinski definition) is 2. The fourth-order valence-electron chi connectivity index (χ4n) is 2.31. The first-order valence-electron chi connectivity index (χ1n) is 6.15. The van der Waals surface area contributed by atoms with Crippen LogP contribution in [0, 0.1) is 11.3 Å². The second-order valence-electron chi connectivity index (χ2n) is 4.72. The van der Waals surface area contributed by atoms with Crippen molar-refractivity contribution in [3.8, 4) is 6.07 Å². The Morgan fingerprint density at radius 3 is 2.39 bits per heavy atom. The third-order valence-electron chi connectivity index (χ3n) is 3.38. The summed E-state index contributed by atoms with van der Waals surface area (Å²) >= 11 is 5.78. The van der Waals surface area contributed by atoms with E-state index in [0.717, 1.165) is 32.1 Å². The zero-order valence-corrected chi connectivity index (χ0v) is 10.8. The van der Waals surface area contributed by atoms with E-state index in [2.05, 4.69) is 11.4 Å². The van der Waals surface area contributed by atoms with Gasteiger partial charge in [0.15, 0.2) is 0 Å². The average Bonchev–Trinajstić information content (AvgIpc) is 2.40. The molecular weight excluding hydrogens is 248 g/mol. The Morgan fingerprint density at radius 2 is 1.83 bits per heavy atom. The summed E-state index contributed by atoms with van der Waals surface area (Å²) in [5.41, 5.74) is -0.144. The van der Waals surface area contributed by atoms with E-state index in [-0.39, 0.29) is 5.91 Å². The first kappa shape index (κ1) is 12.9. The summed E-state index contributed by atoms with van der Waals surface area (Å²) in [7, 11) is 0. The first-order valence-corrected chi connectivity index (χ1v) is 6.52. The molecule has 1 amide bonds. The molecular formula is C14H15ClN2O. The molecule has 0 bridgehead atoms. The predicted molar refractivity (Wildman–Crippen MR) is 70.3 cm³/mol. The highest BCUT2D eigenvalue weighted by molar-refractivity contribution is 6.30. The number of halogens is 1. The van der Waals surface area contributed by atoms with Crippen molar-refractivity contribution in [1.29, 1.82) is 5.26 Å². The molecule has 0 unspecified atom stereocenters. The molecule has 1 N–H and O–H groups in total. The monoisotopic (exact) mass is 262 g/mol. The Bertz CT molecular complexity index is 470. The molecule has 0 heterocycles. The van der Waals surface area contributed by atoms with Crippen LogP contribution in [-0.4, -0.2) is 11.4 Å². The quantitative estimate of drug-likeness (QED) is 0.889. The van der Waals surface area contributed by atoms with Gasteiger partial charge in [-0.3, -0.25) is 4.79 Å². The maximum atomic E-state index is 12.1. The molecule has 18 heavy (non-hydrogen) atoms. The van der Waals surface area contributed by atoms with E-state index in [1.807, 2.05) is 0 Å². The summed E-state index contributed by atoms with van der Waals surface area (Å²) in [5, 5.41) is 12.8. The summed E-state index contributed by atoms with van der Waals surface area (Å²) in [5.74, 6) is -0.199. The maximum Gasteiger partial charge on any atom is 0.252 e. The maximum absolute atomic E-state index is 12.1. The third-order valence-corrected chi connectivity index (χ3v) is 3.63. The van der Waals surface area contributed by atoms with Gasteiger partial charge < -0.3 is 5.32 Å². The number of carbonyl (C=O) groups excluding carboxylic acids is 1. The van der Waals surface area contributed by atoms with Crippen molar-refractivity contribution in [2.24, 2.45) is 0 Å². The fourth-order valence-corrected chi connectivity index (χ4v) is 2.44. The molecule has 1 fully saturated rings. The molecule has 0 atom stereocenters. The zero-order chi connectivity index (χ0) is 13.0. The molecule has 2 rings (SSSR count). The number of hydrogen-bond donors (Lipinski definition) is 1. The van der Waals surface area contributed by atoms with Crippen molar-refractivity contribution in [2.45, 2.75) is 37.6 Å². The third kappa shape index (κ3) is 2.83. The Kier molecular flexibility index (Phi) is 3.88. The molecule has 1 aliphatic rings. The zero-order valence-electron chi connectivity index (χ0n) is 10.1. The van der Waals surface area contributed by atoms with E-state index in [9.17, 15) is 10.1 Å². The van der Waals surface area contributed by atoms with Gasteiger partial charge in [0.25, 0.3) is 5.91 Å². The van der Waals surface area contributed by atoms with Crippen LogP contribution in [0.3, 0.4) is 0 Å². The molecule has 94 valence electrons. The van der Waals surface area contributed by atoms with E-state index >= 15 is 0 Å². The van der Waals surface area contributed by atoms with Crippen molar-refractivity contribution in [3.05, 3.63) is 34.9 Å². The van der Waals surface area contributed by atoms with Gasteiger partial charge in [-0.05, 0) is 37.1 Å². The van der Waals surface area contributed by atoms with Crippen LogP contribution >= 0.6 is 11.6 Å². The highest BCUT2D eigenvalue weighted by atomic mass is 35.5. The predicted octanol–water partition coefficient (Wildman–Crippen LogP) is 3.30. The van der Waals surface area contributed by atoms with Gasteiger partial charge in [-0.1, -0.05) is 30.9 Å². The van der Waals surface area contributed by atoms with Crippen LogP contribution in [0.1, 0.15) is 42.5 Å². The highest BCUT2D eigenvalue weighted by Crippen LogP contribution is 2.27. The van der Waals surface area contributed by atoms with Crippen LogP contribution in [0.15, 0.2) is 24.3 Å². The van der Waals surface area contributed by atoms with E-state index in [0.29, 0.717) is 10.6 Å². The van der Waals surface area contributed by atoms with Gasteiger partial charge in [0, 0.05) is 10.6 Å². The van der Waals surface area contributed by atoms with E-state index in [1.54, 1.807) is 24.3 Å². The van der Waals surface area contributed by atoms with Crippen molar-refractivity contribution in [3.63, 3.8) is 0 Å². The molecule has 0 aromatic heterocycles. The van der Waals surface area contributed by atoms with Gasteiger partial charge in [-0.2, -0.15) is 5.26 Å². The van der Waals surface area contributed by atoms with E-state index in [4.69, 9.17) is 11.6 Å². The highest BCUT2D eigenvalue weighted by Gasteiger charge is 2.33. The molecule has 1 aliphatic carbocycles. The lowest BCUT2D eigenvalue weighted by Gasteiger charge is -2.31. The Morgan fingerprint density at radius 1 is 1.22 bits per heavy atom. The largest absolute Gasteiger partial charge is 0.334 e. The second kappa shape index (κ2) is 5.41.